The molecule has 5 nitrogen and oxygen atoms in total. The van der Waals surface area contributed by atoms with Crippen molar-refractivity contribution in [2.24, 2.45) is 0 Å². The molecule has 2 aromatic rings. The molecule has 0 saturated carbocycles. The summed E-state index contributed by atoms with van der Waals surface area (Å²) in [6, 6.07) is 7.21. The summed E-state index contributed by atoms with van der Waals surface area (Å²) in [5, 5.41) is 2.76. The summed E-state index contributed by atoms with van der Waals surface area (Å²) in [6.45, 7) is 0.453. The minimum absolute atomic E-state index is 0.0171. The third-order valence-electron chi connectivity index (χ3n) is 2.24. The molecule has 0 unspecified atom stereocenters. The maximum atomic E-state index is 11.5. The van der Waals surface area contributed by atoms with E-state index in [4.69, 9.17) is 4.74 Å². The lowest BCUT2D eigenvalue weighted by Gasteiger charge is -2.06. The first-order valence-corrected chi connectivity index (χ1v) is 5.53. The van der Waals surface area contributed by atoms with Gasteiger partial charge >= 0.3 is 0 Å². The van der Waals surface area contributed by atoms with Gasteiger partial charge in [-0.05, 0) is 29.8 Å². The Bertz CT molecular complexity index is 443. The van der Waals surface area contributed by atoms with E-state index in [-0.39, 0.29) is 12.5 Å². The highest BCUT2D eigenvalue weighted by atomic mass is 16.5. The van der Waals surface area contributed by atoms with Gasteiger partial charge in [-0.15, -0.1) is 0 Å². The van der Waals surface area contributed by atoms with Gasteiger partial charge in [-0.25, -0.2) is 0 Å². The van der Waals surface area contributed by atoms with E-state index in [0.29, 0.717) is 12.3 Å². The number of aromatic nitrogens is 2. The number of amides is 1. The average molecular weight is 243 g/mol. The molecule has 0 aliphatic rings. The lowest BCUT2D eigenvalue weighted by atomic mass is 10.3. The zero-order chi connectivity index (χ0) is 12.6. The molecule has 5 heteroatoms. The molecule has 0 spiro atoms. The van der Waals surface area contributed by atoms with Crippen LogP contribution in [0.5, 0.6) is 5.75 Å². The third kappa shape index (κ3) is 3.86. The van der Waals surface area contributed by atoms with E-state index in [1.54, 1.807) is 36.9 Å². The zero-order valence-electron chi connectivity index (χ0n) is 9.74. The van der Waals surface area contributed by atoms with Crippen molar-refractivity contribution in [1.82, 2.24) is 15.3 Å². The van der Waals surface area contributed by atoms with Gasteiger partial charge in [-0.3, -0.25) is 14.8 Å². The van der Waals surface area contributed by atoms with Crippen molar-refractivity contribution in [1.29, 1.82) is 0 Å². The molecular formula is C13H13N3O2. The number of ether oxygens (including phenoxy) is 1. The molecule has 2 heterocycles. The molecule has 0 radical (unpaired) electrons. The first kappa shape index (κ1) is 12.0. The van der Waals surface area contributed by atoms with Gasteiger partial charge in [0.25, 0.3) is 5.91 Å². The summed E-state index contributed by atoms with van der Waals surface area (Å²) in [4.78, 5) is 19.3. The van der Waals surface area contributed by atoms with Crippen molar-refractivity contribution in [2.45, 2.75) is 6.54 Å². The van der Waals surface area contributed by atoms with Crippen LogP contribution in [-0.2, 0) is 11.3 Å². The quantitative estimate of drug-likeness (QED) is 0.856. The highest BCUT2D eigenvalue weighted by molar-refractivity contribution is 5.77. The van der Waals surface area contributed by atoms with Crippen LogP contribution in [0.15, 0.2) is 49.1 Å². The Morgan fingerprint density at radius 3 is 2.72 bits per heavy atom. The molecule has 2 aromatic heterocycles. The smallest absolute Gasteiger partial charge is 0.258 e. The highest BCUT2D eigenvalue weighted by Gasteiger charge is 2.02. The molecule has 2 rings (SSSR count). The molecule has 0 aromatic carbocycles. The molecule has 18 heavy (non-hydrogen) atoms. The Morgan fingerprint density at radius 1 is 1.17 bits per heavy atom. The second kappa shape index (κ2) is 6.34. The fourth-order valence-corrected chi connectivity index (χ4v) is 1.33. The standard InChI is InChI=1S/C13H13N3O2/c17-13(10-18-12-2-1-5-15-9-12)16-8-11-3-6-14-7-4-11/h1-7,9H,8,10H2,(H,16,17). The van der Waals surface area contributed by atoms with Crippen LogP contribution in [0.2, 0.25) is 0 Å². The van der Waals surface area contributed by atoms with Gasteiger partial charge in [0.15, 0.2) is 6.61 Å². The van der Waals surface area contributed by atoms with Gasteiger partial charge in [-0.1, -0.05) is 0 Å². The van der Waals surface area contributed by atoms with E-state index >= 15 is 0 Å². The topological polar surface area (TPSA) is 64.1 Å². The number of carbonyl (C=O) groups is 1. The van der Waals surface area contributed by atoms with Crippen molar-refractivity contribution < 1.29 is 9.53 Å². The molecule has 92 valence electrons. The SMILES string of the molecule is O=C(COc1cccnc1)NCc1ccncc1. The van der Waals surface area contributed by atoms with E-state index in [9.17, 15) is 4.79 Å². The van der Waals surface area contributed by atoms with Crippen LogP contribution in [0, 0.1) is 0 Å². The van der Waals surface area contributed by atoms with Crippen LogP contribution < -0.4 is 10.1 Å². The van der Waals surface area contributed by atoms with Crippen LogP contribution in [0.25, 0.3) is 0 Å². The second-order valence-corrected chi connectivity index (χ2v) is 3.61. The largest absolute Gasteiger partial charge is 0.482 e. The van der Waals surface area contributed by atoms with Crippen molar-refractivity contribution in [3.8, 4) is 5.75 Å². The van der Waals surface area contributed by atoms with Crippen LogP contribution in [-0.4, -0.2) is 22.5 Å². The summed E-state index contributed by atoms with van der Waals surface area (Å²) in [6.07, 6.45) is 6.59. The Balaban J connectivity index is 1.73. The maximum absolute atomic E-state index is 11.5. The average Bonchev–Trinajstić information content (AvgIpc) is 2.45. The molecule has 1 amide bonds. The number of rotatable bonds is 5. The molecule has 0 atom stereocenters. The summed E-state index contributed by atoms with van der Waals surface area (Å²) >= 11 is 0. The lowest BCUT2D eigenvalue weighted by Crippen LogP contribution is -2.28. The Kier molecular flexibility index (Phi) is 4.24. The fraction of sp³-hybridized carbons (Fsp3) is 0.154. The number of hydrogen-bond acceptors (Lipinski definition) is 4. The van der Waals surface area contributed by atoms with Crippen LogP contribution in [0.3, 0.4) is 0 Å². The first-order valence-electron chi connectivity index (χ1n) is 5.53. The van der Waals surface area contributed by atoms with Crippen LogP contribution >= 0.6 is 0 Å². The van der Waals surface area contributed by atoms with Crippen molar-refractivity contribution in [3.63, 3.8) is 0 Å². The van der Waals surface area contributed by atoms with Gasteiger partial charge in [0.2, 0.25) is 0 Å². The Morgan fingerprint density at radius 2 is 2.00 bits per heavy atom. The van der Waals surface area contributed by atoms with E-state index in [2.05, 4.69) is 15.3 Å². The van der Waals surface area contributed by atoms with E-state index in [1.165, 1.54) is 0 Å². The summed E-state index contributed by atoms with van der Waals surface area (Å²) in [7, 11) is 0. The molecule has 0 bridgehead atoms. The first-order chi connectivity index (χ1) is 8.84. The fourth-order valence-electron chi connectivity index (χ4n) is 1.33. The third-order valence-corrected chi connectivity index (χ3v) is 2.24. The minimum atomic E-state index is -0.171. The van der Waals surface area contributed by atoms with Gasteiger partial charge < -0.3 is 10.1 Å². The van der Waals surface area contributed by atoms with E-state index < -0.39 is 0 Å². The predicted molar refractivity (Wildman–Crippen MR) is 65.8 cm³/mol. The van der Waals surface area contributed by atoms with Gasteiger partial charge in [0.1, 0.15) is 5.75 Å². The summed E-state index contributed by atoms with van der Waals surface area (Å²) < 4.78 is 5.27. The van der Waals surface area contributed by atoms with Crippen LogP contribution in [0.4, 0.5) is 0 Å². The van der Waals surface area contributed by atoms with Gasteiger partial charge in [0, 0.05) is 25.1 Å². The molecule has 0 aliphatic heterocycles. The number of nitrogens with zero attached hydrogens (tertiary/aromatic N) is 2. The number of nitrogens with one attached hydrogen (secondary N) is 1. The normalized spacial score (nSPS) is 9.78. The van der Waals surface area contributed by atoms with Crippen molar-refractivity contribution in [2.75, 3.05) is 6.61 Å². The van der Waals surface area contributed by atoms with E-state index in [0.717, 1.165) is 5.56 Å². The van der Waals surface area contributed by atoms with Crippen molar-refractivity contribution in [3.05, 3.63) is 54.6 Å². The van der Waals surface area contributed by atoms with Crippen LogP contribution in [0.1, 0.15) is 5.56 Å². The monoisotopic (exact) mass is 243 g/mol. The second-order valence-electron chi connectivity index (χ2n) is 3.61. The molecule has 0 saturated heterocycles. The van der Waals surface area contributed by atoms with Gasteiger partial charge in [0.05, 0.1) is 6.20 Å². The molecule has 0 fully saturated rings. The minimum Gasteiger partial charge on any atom is -0.482 e. The molecule has 0 aliphatic carbocycles. The summed E-state index contributed by atoms with van der Waals surface area (Å²) in [5.41, 5.74) is 1.000. The number of pyridine rings is 2. The zero-order valence-corrected chi connectivity index (χ0v) is 9.74. The number of carbonyl (C=O) groups excluding carboxylic acids is 1. The Labute approximate surface area is 105 Å². The lowest BCUT2D eigenvalue weighted by molar-refractivity contribution is -0.123. The Hall–Kier alpha value is -2.43. The van der Waals surface area contributed by atoms with Gasteiger partial charge in [-0.2, -0.15) is 0 Å². The van der Waals surface area contributed by atoms with E-state index in [1.807, 2.05) is 12.1 Å². The number of hydrogen-bond donors (Lipinski definition) is 1. The molecular weight excluding hydrogens is 230 g/mol. The molecule has 1 N–H and O–H groups in total. The van der Waals surface area contributed by atoms with Crippen molar-refractivity contribution >= 4 is 5.91 Å². The predicted octanol–water partition coefficient (Wildman–Crippen LogP) is 1.17. The summed E-state index contributed by atoms with van der Waals surface area (Å²) in [5.74, 6) is 0.409. The maximum Gasteiger partial charge on any atom is 0.258 e. The highest BCUT2D eigenvalue weighted by Crippen LogP contribution is 2.05.